The zero-order chi connectivity index (χ0) is 20.9. The van der Waals surface area contributed by atoms with Crippen LogP contribution in [-0.2, 0) is 11.3 Å². The lowest BCUT2D eigenvalue weighted by molar-refractivity contribution is -0.0329. The van der Waals surface area contributed by atoms with Crippen molar-refractivity contribution in [1.29, 1.82) is 0 Å². The maximum Gasteiger partial charge on any atom is 0.268 e. The van der Waals surface area contributed by atoms with Crippen LogP contribution in [0.1, 0.15) is 27.7 Å². The number of methoxy groups -OCH3 is 1. The number of primary amides is 1. The molecule has 1 fully saturated rings. The van der Waals surface area contributed by atoms with Crippen molar-refractivity contribution in [3.63, 3.8) is 0 Å². The van der Waals surface area contributed by atoms with Crippen molar-refractivity contribution >= 4 is 5.91 Å². The van der Waals surface area contributed by atoms with Gasteiger partial charge in [-0.1, -0.05) is 36.4 Å². The molecule has 1 aliphatic rings. The van der Waals surface area contributed by atoms with Crippen molar-refractivity contribution in [3.8, 4) is 17.0 Å². The van der Waals surface area contributed by atoms with Crippen LogP contribution in [0.15, 0.2) is 60.9 Å². The predicted octanol–water partition coefficient (Wildman–Crippen LogP) is 2.82. The van der Waals surface area contributed by atoms with Crippen molar-refractivity contribution in [2.45, 2.75) is 12.6 Å². The van der Waals surface area contributed by atoms with Crippen LogP contribution in [0.5, 0.6) is 5.75 Å². The maximum atomic E-state index is 11.5. The van der Waals surface area contributed by atoms with Gasteiger partial charge >= 0.3 is 0 Å². The Bertz CT molecular complexity index is 1030. The van der Waals surface area contributed by atoms with E-state index in [4.69, 9.17) is 15.2 Å². The van der Waals surface area contributed by atoms with Crippen molar-refractivity contribution in [1.82, 2.24) is 14.9 Å². The summed E-state index contributed by atoms with van der Waals surface area (Å²) in [5.41, 5.74) is 9.11. The summed E-state index contributed by atoms with van der Waals surface area (Å²) >= 11 is 0. The Morgan fingerprint density at radius 1 is 1.23 bits per heavy atom. The quantitative estimate of drug-likeness (QED) is 0.679. The summed E-state index contributed by atoms with van der Waals surface area (Å²) in [6.45, 7) is 3.14. The van der Waals surface area contributed by atoms with Gasteiger partial charge in [-0.3, -0.25) is 14.7 Å². The molecule has 0 radical (unpaired) electrons. The number of rotatable bonds is 6. The monoisotopic (exact) mass is 404 g/mol. The summed E-state index contributed by atoms with van der Waals surface area (Å²) in [4.78, 5) is 22.3. The standard InChI is InChI=1S/C23H24N4O3/c1-29-21-8-7-16(11-18(21)19-12-25-13-20(26-19)23(24)28)14-27-9-10-30-22(15-27)17-5-3-2-4-6-17/h2-8,11-13,22H,9-10,14-15H2,1H3,(H2,24,28). The molecule has 1 unspecified atom stereocenters. The highest BCUT2D eigenvalue weighted by Crippen LogP contribution is 2.30. The van der Waals surface area contributed by atoms with Crippen LogP contribution in [0.4, 0.5) is 0 Å². The second-order valence-corrected chi connectivity index (χ2v) is 7.19. The summed E-state index contributed by atoms with van der Waals surface area (Å²) in [7, 11) is 1.61. The minimum atomic E-state index is -0.611. The fourth-order valence-electron chi connectivity index (χ4n) is 3.64. The number of ether oxygens (including phenoxy) is 2. The van der Waals surface area contributed by atoms with E-state index in [-0.39, 0.29) is 11.8 Å². The molecule has 0 bridgehead atoms. The molecule has 1 saturated heterocycles. The van der Waals surface area contributed by atoms with E-state index in [0.717, 1.165) is 30.8 Å². The van der Waals surface area contributed by atoms with Crippen LogP contribution in [0.2, 0.25) is 0 Å². The average molecular weight is 404 g/mol. The van der Waals surface area contributed by atoms with Gasteiger partial charge in [0.25, 0.3) is 5.91 Å². The van der Waals surface area contributed by atoms with Gasteiger partial charge in [0.1, 0.15) is 11.4 Å². The van der Waals surface area contributed by atoms with Crippen LogP contribution in [-0.4, -0.2) is 47.6 Å². The fraction of sp³-hybridized carbons (Fsp3) is 0.261. The van der Waals surface area contributed by atoms with Crippen LogP contribution in [0.3, 0.4) is 0 Å². The fourth-order valence-corrected chi connectivity index (χ4v) is 3.64. The van der Waals surface area contributed by atoms with Gasteiger partial charge in [-0.05, 0) is 23.3 Å². The number of hydrogen-bond acceptors (Lipinski definition) is 6. The summed E-state index contributed by atoms with van der Waals surface area (Å²) in [5, 5.41) is 0. The highest BCUT2D eigenvalue weighted by Gasteiger charge is 2.22. The second kappa shape index (κ2) is 9.02. The van der Waals surface area contributed by atoms with Gasteiger partial charge in [-0.15, -0.1) is 0 Å². The highest BCUT2D eigenvalue weighted by atomic mass is 16.5. The Balaban J connectivity index is 1.56. The summed E-state index contributed by atoms with van der Waals surface area (Å²) in [5.74, 6) is 0.0542. The van der Waals surface area contributed by atoms with E-state index in [1.54, 1.807) is 13.3 Å². The highest BCUT2D eigenvalue weighted by molar-refractivity contribution is 5.91. The maximum absolute atomic E-state index is 11.5. The molecule has 2 aromatic carbocycles. The molecule has 4 rings (SSSR count). The molecule has 30 heavy (non-hydrogen) atoms. The topological polar surface area (TPSA) is 90.6 Å². The lowest BCUT2D eigenvalue weighted by atomic mass is 10.0. The molecule has 154 valence electrons. The zero-order valence-corrected chi connectivity index (χ0v) is 16.8. The lowest BCUT2D eigenvalue weighted by Crippen LogP contribution is -2.37. The first-order valence-electron chi connectivity index (χ1n) is 9.82. The Morgan fingerprint density at radius 3 is 2.83 bits per heavy atom. The predicted molar refractivity (Wildman–Crippen MR) is 113 cm³/mol. The number of carbonyl (C=O) groups excluding carboxylic acids is 1. The number of hydrogen-bond donors (Lipinski definition) is 1. The van der Waals surface area contributed by atoms with E-state index in [1.807, 2.05) is 36.4 Å². The molecule has 1 aliphatic heterocycles. The van der Waals surface area contributed by atoms with E-state index in [1.165, 1.54) is 11.8 Å². The first kappa shape index (κ1) is 20.0. The number of amides is 1. The van der Waals surface area contributed by atoms with Crippen LogP contribution in [0, 0.1) is 0 Å². The Labute approximate surface area is 175 Å². The Kier molecular flexibility index (Phi) is 6.02. The van der Waals surface area contributed by atoms with Gasteiger partial charge < -0.3 is 15.2 Å². The summed E-state index contributed by atoms with van der Waals surface area (Å²) < 4.78 is 11.5. The molecule has 2 N–H and O–H groups in total. The van der Waals surface area contributed by atoms with Gasteiger partial charge in [-0.25, -0.2) is 4.98 Å². The van der Waals surface area contributed by atoms with Crippen molar-refractivity contribution in [2.24, 2.45) is 5.73 Å². The average Bonchev–Trinajstić information content (AvgIpc) is 2.80. The normalized spacial score (nSPS) is 16.9. The summed E-state index contributed by atoms with van der Waals surface area (Å²) in [6.07, 6.45) is 3.03. The molecule has 7 heteroatoms. The van der Waals surface area contributed by atoms with Gasteiger partial charge in [-0.2, -0.15) is 0 Å². The lowest BCUT2D eigenvalue weighted by Gasteiger charge is -2.33. The molecular weight excluding hydrogens is 380 g/mol. The van der Waals surface area contributed by atoms with Gasteiger partial charge in [0.15, 0.2) is 0 Å². The SMILES string of the molecule is COc1ccc(CN2CCOC(c3ccccc3)C2)cc1-c1cncc(C(N)=O)n1. The molecule has 0 saturated carbocycles. The van der Waals surface area contributed by atoms with Crippen LogP contribution >= 0.6 is 0 Å². The molecule has 1 atom stereocenters. The minimum absolute atomic E-state index is 0.0655. The van der Waals surface area contributed by atoms with Crippen LogP contribution in [0.25, 0.3) is 11.3 Å². The van der Waals surface area contributed by atoms with Crippen molar-refractivity contribution < 1.29 is 14.3 Å². The zero-order valence-electron chi connectivity index (χ0n) is 16.8. The Morgan fingerprint density at radius 2 is 2.07 bits per heavy atom. The van der Waals surface area contributed by atoms with E-state index in [0.29, 0.717) is 18.1 Å². The number of nitrogens with two attached hydrogens (primary N) is 1. The number of aromatic nitrogens is 2. The van der Waals surface area contributed by atoms with Crippen molar-refractivity contribution in [2.75, 3.05) is 26.8 Å². The molecular formula is C23H24N4O3. The van der Waals surface area contributed by atoms with Gasteiger partial charge in [0.2, 0.25) is 0 Å². The third kappa shape index (κ3) is 4.48. The number of morpholine rings is 1. The second-order valence-electron chi connectivity index (χ2n) is 7.19. The van der Waals surface area contributed by atoms with Crippen molar-refractivity contribution in [3.05, 3.63) is 77.7 Å². The largest absolute Gasteiger partial charge is 0.496 e. The third-order valence-corrected chi connectivity index (χ3v) is 5.15. The van der Waals surface area contributed by atoms with Crippen LogP contribution < -0.4 is 10.5 Å². The van der Waals surface area contributed by atoms with Gasteiger partial charge in [0, 0.05) is 25.2 Å². The molecule has 2 heterocycles. The number of nitrogens with zero attached hydrogens (tertiary/aromatic N) is 3. The third-order valence-electron chi connectivity index (χ3n) is 5.15. The molecule has 1 aromatic heterocycles. The van der Waals surface area contributed by atoms with E-state index in [9.17, 15) is 4.79 Å². The Hall–Kier alpha value is -3.29. The van der Waals surface area contributed by atoms with E-state index in [2.05, 4.69) is 27.0 Å². The number of carbonyl (C=O) groups is 1. The molecule has 1 amide bonds. The summed E-state index contributed by atoms with van der Waals surface area (Å²) in [6, 6.07) is 16.3. The minimum Gasteiger partial charge on any atom is -0.496 e. The first-order valence-corrected chi connectivity index (χ1v) is 9.82. The first-order chi connectivity index (χ1) is 14.6. The van der Waals surface area contributed by atoms with E-state index >= 15 is 0 Å². The number of benzene rings is 2. The molecule has 3 aromatic rings. The smallest absolute Gasteiger partial charge is 0.268 e. The molecule has 0 spiro atoms. The molecule has 0 aliphatic carbocycles. The van der Waals surface area contributed by atoms with Gasteiger partial charge in [0.05, 0.1) is 37.9 Å². The van der Waals surface area contributed by atoms with E-state index < -0.39 is 5.91 Å². The molecule has 7 nitrogen and oxygen atoms in total.